The van der Waals surface area contributed by atoms with Gasteiger partial charge in [-0.3, -0.25) is 4.79 Å². The zero-order valence-corrected chi connectivity index (χ0v) is 6.39. The maximum atomic E-state index is 13.0. The minimum atomic E-state index is -0.292. The summed E-state index contributed by atoms with van der Waals surface area (Å²) in [5.41, 5.74) is 0.220. The first kappa shape index (κ1) is 7.34. The van der Waals surface area contributed by atoms with Crippen LogP contribution in [0.1, 0.15) is 12.8 Å². The van der Waals surface area contributed by atoms with Crippen LogP contribution in [0.2, 0.25) is 0 Å². The SMILES string of the molecule is O=C1COC2=CCCC(F)=C2N1. The van der Waals surface area contributed by atoms with Crippen LogP contribution in [-0.4, -0.2) is 12.5 Å². The molecule has 0 radical (unpaired) electrons. The number of rotatable bonds is 0. The summed E-state index contributed by atoms with van der Waals surface area (Å²) in [6, 6.07) is 0. The molecule has 1 fully saturated rings. The number of carbonyl (C=O) groups is 1. The fraction of sp³-hybridized carbons (Fsp3) is 0.375. The summed E-state index contributed by atoms with van der Waals surface area (Å²) in [6.45, 7) is -0.0113. The van der Waals surface area contributed by atoms with E-state index in [4.69, 9.17) is 4.74 Å². The third-order valence-corrected chi connectivity index (χ3v) is 1.83. The molecule has 2 aliphatic rings. The molecule has 1 aliphatic carbocycles. The Labute approximate surface area is 68.9 Å². The second-order valence-electron chi connectivity index (χ2n) is 2.72. The lowest BCUT2D eigenvalue weighted by Gasteiger charge is -2.23. The highest BCUT2D eigenvalue weighted by Crippen LogP contribution is 2.26. The molecule has 4 heteroatoms. The van der Waals surface area contributed by atoms with Crippen molar-refractivity contribution in [3.05, 3.63) is 23.4 Å². The molecule has 0 unspecified atom stereocenters. The van der Waals surface area contributed by atoms with Gasteiger partial charge in [0.1, 0.15) is 17.3 Å². The Kier molecular flexibility index (Phi) is 1.60. The van der Waals surface area contributed by atoms with E-state index >= 15 is 0 Å². The Hall–Kier alpha value is -1.32. The highest BCUT2D eigenvalue weighted by Gasteiger charge is 2.24. The van der Waals surface area contributed by atoms with Gasteiger partial charge in [0.15, 0.2) is 6.61 Å². The van der Waals surface area contributed by atoms with Crippen LogP contribution in [0.4, 0.5) is 4.39 Å². The largest absolute Gasteiger partial charge is 0.482 e. The highest BCUT2D eigenvalue weighted by molar-refractivity contribution is 5.81. The van der Waals surface area contributed by atoms with Crippen LogP contribution in [-0.2, 0) is 9.53 Å². The van der Waals surface area contributed by atoms with E-state index in [0.717, 1.165) is 0 Å². The molecule has 0 atom stereocenters. The number of hydrogen-bond donors (Lipinski definition) is 1. The van der Waals surface area contributed by atoms with Gasteiger partial charge >= 0.3 is 0 Å². The molecular formula is C8H8FNO2. The van der Waals surface area contributed by atoms with Crippen LogP contribution in [0.25, 0.3) is 0 Å². The van der Waals surface area contributed by atoms with E-state index < -0.39 is 0 Å². The Morgan fingerprint density at radius 3 is 3.25 bits per heavy atom. The number of allylic oxidation sites excluding steroid dienone is 2. The smallest absolute Gasteiger partial charge is 0.262 e. The van der Waals surface area contributed by atoms with Gasteiger partial charge in [-0.05, 0) is 12.5 Å². The van der Waals surface area contributed by atoms with Crippen molar-refractivity contribution in [2.45, 2.75) is 12.8 Å². The molecule has 12 heavy (non-hydrogen) atoms. The van der Waals surface area contributed by atoms with Crippen LogP contribution in [0, 0.1) is 0 Å². The van der Waals surface area contributed by atoms with Gasteiger partial charge in [0, 0.05) is 6.42 Å². The Bertz CT molecular complexity index is 291. The first-order valence-corrected chi connectivity index (χ1v) is 3.79. The van der Waals surface area contributed by atoms with E-state index in [-0.39, 0.29) is 24.0 Å². The standard InChI is InChI=1S/C8H8FNO2/c9-5-2-1-3-6-8(5)10-7(11)4-12-6/h3H,1-2,4H2,(H,10,11). The number of morpholine rings is 1. The molecule has 0 bridgehead atoms. The van der Waals surface area contributed by atoms with E-state index in [0.29, 0.717) is 18.6 Å². The molecule has 0 aromatic rings. The van der Waals surface area contributed by atoms with Gasteiger partial charge in [-0.2, -0.15) is 0 Å². The van der Waals surface area contributed by atoms with Gasteiger partial charge in [0.05, 0.1) is 0 Å². The fourth-order valence-corrected chi connectivity index (χ4v) is 1.27. The number of fused-ring (bicyclic) bond motifs is 1. The van der Waals surface area contributed by atoms with Crippen LogP contribution in [0.15, 0.2) is 23.4 Å². The third-order valence-electron chi connectivity index (χ3n) is 1.83. The topological polar surface area (TPSA) is 38.3 Å². The summed E-state index contributed by atoms with van der Waals surface area (Å²) in [5.74, 6) is -0.113. The normalized spacial score (nSPS) is 22.4. The average Bonchev–Trinajstić information content (AvgIpc) is 2.07. The molecule has 2 rings (SSSR count). The first-order chi connectivity index (χ1) is 5.77. The number of carbonyl (C=O) groups excluding carboxylic acids is 1. The molecule has 0 spiro atoms. The van der Waals surface area contributed by atoms with Gasteiger partial charge < -0.3 is 10.1 Å². The molecule has 1 heterocycles. The molecule has 1 N–H and O–H groups in total. The number of hydrogen-bond acceptors (Lipinski definition) is 2. The fourth-order valence-electron chi connectivity index (χ4n) is 1.27. The zero-order valence-electron chi connectivity index (χ0n) is 6.39. The average molecular weight is 169 g/mol. The number of amides is 1. The molecule has 1 amide bonds. The van der Waals surface area contributed by atoms with Crippen LogP contribution in [0.5, 0.6) is 0 Å². The van der Waals surface area contributed by atoms with Crippen LogP contribution < -0.4 is 5.32 Å². The predicted molar refractivity (Wildman–Crippen MR) is 39.5 cm³/mol. The summed E-state index contributed by atoms with van der Waals surface area (Å²) in [5, 5.41) is 2.44. The van der Waals surface area contributed by atoms with Crippen molar-refractivity contribution in [1.82, 2.24) is 5.32 Å². The zero-order chi connectivity index (χ0) is 8.55. The molecular weight excluding hydrogens is 161 g/mol. The minimum Gasteiger partial charge on any atom is -0.482 e. The molecule has 64 valence electrons. The first-order valence-electron chi connectivity index (χ1n) is 3.79. The van der Waals surface area contributed by atoms with Gasteiger partial charge in [-0.1, -0.05) is 0 Å². The number of halogens is 1. The van der Waals surface area contributed by atoms with Gasteiger partial charge in [-0.25, -0.2) is 4.39 Å². The monoisotopic (exact) mass is 169 g/mol. The molecule has 1 saturated heterocycles. The lowest BCUT2D eigenvalue weighted by Crippen LogP contribution is -2.35. The molecule has 1 aliphatic heterocycles. The summed E-state index contributed by atoms with van der Waals surface area (Å²) >= 11 is 0. The Balaban J connectivity index is 2.32. The summed E-state index contributed by atoms with van der Waals surface area (Å²) < 4.78 is 18.1. The Morgan fingerprint density at radius 2 is 2.42 bits per heavy atom. The summed E-state index contributed by atoms with van der Waals surface area (Å²) in [7, 11) is 0. The van der Waals surface area contributed by atoms with E-state index in [1.807, 2.05) is 0 Å². The molecule has 0 saturated carbocycles. The molecule has 0 aromatic heterocycles. The number of ether oxygens (including phenoxy) is 1. The summed E-state index contributed by atoms with van der Waals surface area (Å²) in [4.78, 5) is 10.8. The van der Waals surface area contributed by atoms with Gasteiger partial charge in [-0.15, -0.1) is 0 Å². The van der Waals surface area contributed by atoms with E-state index in [1.54, 1.807) is 6.08 Å². The van der Waals surface area contributed by atoms with Crippen LogP contribution in [0.3, 0.4) is 0 Å². The van der Waals surface area contributed by atoms with Crippen molar-refractivity contribution in [2.24, 2.45) is 0 Å². The third kappa shape index (κ3) is 1.09. The molecule has 0 aromatic carbocycles. The second kappa shape index (κ2) is 2.62. The van der Waals surface area contributed by atoms with Crippen molar-refractivity contribution in [3.8, 4) is 0 Å². The predicted octanol–water partition coefficient (Wildman–Crippen LogP) is 0.992. The quantitative estimate of drug-likeness (QED) is 0.587. The van der Waals surface area contributed by atoms with Crippen LogP contribution >= 0.6 is 0 Å². The number of nitrogens with one attached hydrogen (secondary N) is 1. The lowest BCUT2D eigenvalue weighted by atomic mass is 10.1. The van der Waals surface area contributed by atoms with E-state index in [2.05, 4.69) is 5.32 Å². The maximum absolute atomic E-state index is 13.0. The highest BCUT2D eigenvalue weighted by atomic mass is 19.1. The van der Waals surface area contributed by atoms with Gasteiger partial charge in [0.25, 0.3) is 5.91 Å². The maximum Gasteiger partial charge on any atom is 0.262 e. The summed E-state index contributed by atoms with van der Waals surface area (Å²) in [6.07, 6.45) is 2.78. The van der Waals surface area contributed by atoms with E-state index in [1.165, 1.54) is 0 Å². The molecule has 3 nitrogen and oxygen atoms in total. The minimum absolute atomic E-state index is 0.0113. The lowest BCUT2D eigenvalue weighted by molar-refractivity contribution is -0.125. The van der Waals surface area contributed by atoms with E-state index in [9.17, 15) is 9.18 Å². The van der Waals surface area contributed by atoms with Crippen molar-refractivity contribution in [2.75, 3.05) is 6.61 Å². The van der Waals surface area contributed by atoms with Crippen molar-refractivity contribution >= 4 is 5.91 Å². The van der Waals surface area contributed by atoms with Crippen molar-refractivity contribution < 1.29 is 13.9 Å². The Morgan fingerprint density at radius 1 is 1.58 bits per heavy atom. The van der Waals surface area contributed by atoms with Gasteiger partial charge in [0.2, 0.25) is 0 Å². The van der Waals surface area contributed by atoms with Crippen molar-refractivity contribution in [1.29, 1.82) is 0 Å². The van der Waals surface area contributed by atoms with Crippen molar-refractivity contribution in [3.63, 3.8) is 0 Å². The second-order valence-corrected chi connectivity index (χ2v) is 2.72.